The van der Waals surface area contributed by atoms with Crippen molar-refractivity contribution in [2.75, 3.05) is 23.9 Å². The normalized spacial score (nSPS) is 13.5. The van der Waals surface area contributed by atoms with E-state index in [4.69, 9.17) is 0 Å². The SMILES string of the molecule is CCCC(C)(CO)NC(=O)Nc1ccc(CCSC)cc1. The van der Waals surface area contributed by atoms with Crippen molar-refractivity contribution in [1.82, 2.24) is 5.32 Å². The molecule has 1 aromatic rings. The van der Waals surface area contributed by atoms with E-state index in [0.717, 1.165) is 30.7 Å². The monoisotopic (exact) mass is 310 g/mol. The molecule has 0 bridgehead atoms. The molecular weight excluding hydrogens is 284 g/mol. The average molecular weight is 310 g/mol. The fourth-order valence-electron chi connectivity index (χ4n) is 2.14. The van der Waals surface area contributed by atoms with Gasteiger partial charge in [0.15, 0.2) is 0 Å². The summed E-state index contributed by atoms with van der Waals surface area (Å²) in [5, 5.41) is 15.1. The maximum absolute atomic E-state index is 12.0. The Hall–Kier alpha value is -1.20. The Morgan fingerprint density at radius 1 is 1.33 bits per heavy atom. The van der Waals surface area contributed by atoms with E-state index in [-0.39, 0.29) is 12.6 Å². The lowest BCUT2D eigenvalue weighted by atomic mass is 9.98. The summed E-state index contributed by atoms with van der Waals surface area (Å²) in [5.41, 5.74) is 1.45. The van der Waals surface area contributed by atoms with E-state index in [0.29, 0.717) is 0 Å². The summed E-state index contributed by atoms with van der Waals surface area (Å²) >= 11 is 1.82. The van der Waals surface area contributed by atoms with Gasteiger partial charge in [0.05, 0.1) is 12.1 Å². The van der Waals surface area contributed by atoms with Crippen LogP contribution in [-0.4, -0.2) is 35.3 Å². The zero-order valence-corrected chi connectivity index (χ0v) is 13.9. The Morgan fingerprint density at radius 2 is 2.00 bits per heavy atom. The molecule has 1 atom stereocenters. The third kappa shape index (κ3) is 6.40. The van der Waals surface area contributed by atoms with Crippen LogP contribution >= 0.6 is 11.8 Å². The van der Waals surface area contributed by atoms with Gasteiger partial charge in [-0.15, -0.1) is 0 Å². The third-order valence-electron chi connectivity index (χ3n) is 3.37. The first-order chi connectivity index (χ1) is 10.0. The number of urea groups is 1. The van der Waals surface area contributed by atoms with E-state index < -0.39 is 5.54 Å². The fourth-order valence-corrected chi connectivity index (χ4v) is 2.58. The first-order valence-corrected chi connectivity index (χ1v) is 8.70. The molecule has 0 fully saturated rings. The number of thioether (sulfide) groups is 1. The number of benzene rings is 1. The van der Waals surface area contributed by atoms with Gasteiger partial charge in [-0.25, -0.2) is 4.79 Å². The van der Waals surface area contributed by atoms with Crippen LogP contribution in [0.1, 0.15) is 32.3 Å². The molecule has 1 unspecified atom stereocenters. The number of carbonyl (C=O) groups excluding carboxylic acids is 1. The topological polar surface area (TPSA) is 61.4 Å². The van der Waals surface area contributed by atoms with Gasteiger partial charge in [0, 0.05) is 5.69 Å². The van der Waals surface area contributed by atoms with Crippen LogP contribution in [0.2, 0.25) is 0 Å². The fraction of sp³-hybridized carbons (Fsp3) is 0.562. The molecule has 0 spiro atoms. The number of rotatable bonds is 8. The highest BCUT2D eigenvalue weighted by molar-refractivity contribution is 7.98. The quantitative estimate of drug-likeness (QED) is 0.690. The number of hydrogen-bond acceptors (Lipinski definition) is 3. The van der Waals surface area contributed by atoms with Gasteiger partial charge in [-0.1, -0.05) is 25.5 Å². The van der Waals surface area contributed by atoms with E-state index in [1.165, 1.54) is 5.56 Å². The number of aliphatic hydroxyl groups is 1. The molecule has 0 heterocycles. The maximum Gasteiger partial charge on any atom is 0.319 e. The number of amides is 2. The van der Waals surface area contributed by atoms with Crippen LogP contribution in [-0.2, 0) is 6.42 Å². The summed E-state index contributed by atoms with van der Waals surface area (Å²) in [7, 11) is 0. The van der Waals surface area contributed by atoms with E-state index in [1.54, 1.807) is 0 Å². The van der Waals surface area contributed by atoms with Gasteiger partial charge in [-0.3, -0.25) is 0 Å². The van der Waals surface area contributed by atoms with Gasteiger partial charge < -0.3 is 15.7 Å². The molecule has 4 nitrogen and oxygen atoms in total. The summed E-state index contributed by atoms with van der Waals surface area (Å²) in [6.45, 7) is 3.81. The molecule has 1 aromatic carbocycles. The predicted molar refractivity (Wildman–Crippen MR) is 91.1 cm³/mol. The van der Waals surface area contributed by atoms with Gasteiger partial charge in [0.1, 0.15) is 0 Å². The van der Waals surface area contributed by atoms with Gasteiger partial charge >= 0.3 is 6.03 Å². The maximum atomic E-state index is 12.0. The summed E-state index contributed by atoms with van der Waals surface area (Å²) in [4.78, 5) is 12.0. The molecule has 0 saturated heterocycles. The molecule has 0 aliphatic rings. The van der Waals surface area contributed by atoms with E-state index in [2.05, 4.69) is 16.9 Å². The molecule has 0 aromatic heterocycles. The summed E-state index contributed by atoms with van der Waals surface area (Å²) in [6.07, 6.45) is 4.77. The van der Waals surface area contributed by atoms with Crippen molar-refractivity contribution >= 4 is 23.5 Å². The van der Waals surface area contributed by atoms with Crippen LogP contribution in [0, 0.1) is 0 Å². The highest BCUT2D eigenvalue weighted by Gasteiger charge is 2.24. The molecular formula is C16H26N2O2S. The molecule has 2 amide bonds. The Bertz CT molecular complexity index is 436. The second-order valence-corrected chi connectivity index (χ2v) is 6.47. The summed E-state index contributed by atoms with van der Waals surface area (Å²) < 4.78 is 0. The third-order valence-corrected chi connectivity index (χ3v) is 3.99. The van der Waals surface area contributed by atoms with E-state index in [9.17, 15) is 9.90 Å². The highest BCUT2D eigenvalue weighted by Crippen LogP contribution is 2.14. The molecule has 0 aliphatic heterocycles. The number of aliphatic hydroxyl groups excluding tert-OH is 1. The van der Waals surface area contributed by atoms with Crippen LogP contribution < -0.4 is 10.6 Å². The van der Waals surface area contributed by atoms with Crippen LogP contribution in [0.15, 0.2) is 24.3 Å². The largest absolute Gasteiger partial charge is 0.394 e. The Morgan fingerprint density at radius 3 is 2.52 bits per heavy atom. The first kappa shape index (κ1) is 17.9. The first-order valence-electron chi connectivity index (χ1n) is 7.31. The van der Waals surface area contributed by atoms with Crippen LogP contribution in [0.5, 0.6) is 0 Å². The van der Waals surface area contributed by atoms with Crippen LogP contribution in [0.25, 0.3) is 0 Å². The van der Waals surface area contributed by atoms with Gasteiger partial charge in [-0.05, 0) is 49.5 Å². The zero-order chi connectivity index (χ0) is 15.7. The lowest BCUT2D eigenvalue weighted by Gasteiger charge is -2.28. The van der Waals surface area contributed by atoms with E-state index in [1.807, 2.05) is 49.9 Å². The lowest BCUT2D eigenvalue weighted by molar-refractivity contribution is 0.167. The molecule has 118 valence electrons. The highest BCUT2D eigenvalue weighted by atomic mass is 32.2. The summed E-state index contributed by atoms with van der Waals surface area (Å²) in [6, 6.07) is 7.60. The average Bonchev–Trinajstić information content (AvgIpc) is 2.46. The van der Waals surface area contributed by atoms with Gasteiger partial charge in [0.25, 0.3) is 0 Å². The van der Waals surface area contributed by atoms with Crippen molar-refractivity contribution in [2.45, 2.75) is 38.6 Å². The van der Waals surface area contributed by atoms with Crippen molar-refractivity contribution in [3.05, 3.63) is 29.8 Å². The molecule has 1 rings (SSSR count). The number of hydrogen-bond donors (Lipinski definition) is 3. The Kier molecular flexibility index (Phi) is 7.61. The number of carbonyl (C=O) groups is 1. The minimum atomic E-state index is -0.572. The zero-order valence-electron chi connectivity index (χ0n) is 13.1. The standard InChI is InChI=1S/C16H26N2O2S/c1-4-10-16(2,12-19)18-15(20)17-14-7-5-13(6-8-14)9-11-21-3/h5-8,19H,4,9-12H2,1-3H3,(H2,17,18,20). The molecule has 21 heavy (non-hydrogen) atoms. The van der Waals surface area contributed by atoms with Crippen LogP contribution in [0.4, 0.5) is 10.5 Å². The smallest absolute Gasteiger partial charge is 0.319 e. The van der Waals surface area contributed by atoms with Gasteiger partial charge in [0.2, 0.25) is 0 Å². The number of nitrogens with one attached hydrogen (secondary N) is 2. The summed E-state index contributed by atoms with van der Waals surface area (Å²) in [5.74, 6) is 1.10. The Balaban J connectivity index is 2.54. The minimum Gasteiger partial charge on any atom is -0.394 e. The van der Waals surface area contributed by atoms with Crippen molar-refractivity contribution in [2.24, 2.45) is 0 Å². The van der Waals surface area contributed by atoms with Crippen molar-refractivity contribution in [3.63, 3.8) is 0 Å². The van der Waals surface area contributed by atoms with Crippen molar-refractivity contribution < 1.29 is 9.90 Å². The molecule has 0 saturated carbocycles. The van der Waals surface area contributed by atoms with Crippen LogP contribution in [0.3, 0.4) is 0 Å². The molecule has 0 aliphatic carbocycles. The number of anilines is 1. The molecule has 5 heteroatoms. The lowest BCUT2D eigenvalue weighted by Crippen LogP contribution is -2.50. The second-order valence-electron chi connectivity index (χ2n) is 5.49. The van der Waals surface area contributed by atoms with Crippen molar-refractivity contribution in [3.8, 4) is 0 Å². The number of aryl methyl sites for hydroxylation is 1. The van der Waals surface area contributed by atoms with E-state index >= 15 is 0 Å². The molecule has 0 radical (unpaired) electrons. The van der Waals surface area contributed by atoms with Crippen molar-refractivity contribution in [1.29, 1.82) is 0 Å². The second kappa shape index (κ2) is 8.95. The molecule has 3 N–H and O–H groups in total. The predicted octanol–water partition coefficient (Wildman–Crippen LogP) is 3.26. The Labute approximate surface area is 131 Å². The van der Waals surface area contributed by atoms with Gasteiger partial charge in [-0.2, -0.15) is 11.8 Å². The minimum absolute atomic E-state index is 0.0676.